The molecule has 0 aliphatic heterocycles. The third-order valence-corrected chi connectivity index (χ3v) is 4.84. The number of halogens is 2. The van der Waals surface area contributed by atoms with Gasteiger partial charge in [0, 0.05) is 32.4 Å². The lowest BCUT2D eigenvalue weighted by Crippen LogP contribution is -2.26. The molecule has 0 heterocycles. The van der Waals surface area contributed by atoms with Crippen molar-refractivity contribution in [1.29, 1.82) is 0 Å². The van der Waals surface area contributed by atoms with Crippen LogP contribution in [0.2, 0.25) is 0 Å². The van der Waals surface area contributed by atoms with Gasteiger partial charge in [0.1, 0.15) is 16.5 Å². The number of rotatable bonds is 6. The van der Waals surface area contributed by atoms with Crippen LogP contribution in [-0.2, 0) is 16.4 Å². The first-order valence-electron chi connectivity index (χ1n) is 7.00. The number of hydrogen-bond acceptors (Lipinski definition) is 3. The summed E-state index contributed by atoms with van der Waals surface area (Å²) >= 11 is 0. The molecule has 124 valence electrons. The molecule has 2 aromatic rings. The topological polar surface area (TPSA) is 49.4 Å². The summed E-state index contributed by atoms with van der Waals surface area (Å²) in [6.45, 7) is 0.125. The summed E-state index contributed by atoms with van der Waals surface area (Å²) in [7, 11) is -0.137. The van der Waals surface area contributed by atoms with Crippen molar-refractivity contribution in [3.63, 3.8) is 0 Å². The Bertz CT molecular complexity index is 775. The van der Waals surface area contributed by atoms with E-state index in [1.54, 1.807) is 0 Å². The van der Waals surface area contributed by atoms with Crippen molar-refractivity contribution in [2.45, 2.75) is 11.3 Å². The smallest absolute Gasteiger partial charge is 0.243 e. The maximum Gasteiger partial charge on any atom is 0.243 e. The van der Waals surface area contributed by atoms with E-state index < -0.39 is 26.6 Å². The molecule has 0 amide bonds. The Morgan fingerprint density at radius 3 is 2.26 bits per heavy atom. The SMILES string of the molecule is CN(C)c1ccc(CCNS(=O)(=O)c2ccc(F)cc2F)cc1. The maximum absolute atomic E-state index is 13.6. The van der Waals surface area contributed by atoms with Crippen molar-refractivity contribution in [3.8, 4) is 0 Å². The lowest BCUT2D eigenvalue weighted by molar-refractivity contribution is 0.543. The molecule has 2 rings (SSSR count). The third-order valence-electron chi connectivity index (χ3n) is 3.34. The predicted molar refractivity (Wildman–Crippen MR) is 86.0 cm³/mol. The summed E-state index contributed by atoms with van der Waals surface area (Å²) in [5.41, 5.74) is 2.00. The Morgan fingerprint density at radius 2 is 1.70 bits per heavy atom. The fourth-order valence-electron chi connectivity index (χ4n) is 2.06. The van der Waals surface area contributed by atoms with Gasteiger partial charge in [0.2, 0.25) is 10.0 Å². The number of hydrogen-bond donors (Lipinski definition) is 1. The number of anilines is 1. The van der Waals surface area contributed by atoms with Crippen molar-refractivity contribution in [2.24, 2.45) is 0 Å². The van der Waals surface area contributed by atoms with Crippen LogP contribution in [0, 0.1) is 11.6 Å². The molecule has 4 nitrogen and oxygen atoms in total. The van der Waals surface area contributed by atoms with Gasteiger partial charge in [0.15, 0.2) is 0 Å². The van der Waals surface area contributed by atoms with E-state index in [9.17, 15) is 17.2 Å². The Kier molecular flexibility index (Phi) is 5.33. The molecule has 0 aromatic heterocycles. The molecule has 0 aliphatic carbocycles. The molecule has 23 heavy (non-hydrogen) atoms. The minimum Gasteiger partial charge on any atom is -0.378 e. The molecule has 0 radical (unpaired) electrons. The molecule has 0 bridgehead atoms. The van der Waals surface area contributed by atoms with Gasteiger partial charge in [-0.25, -0.2) is 21.9 Å². The van der Waals surface area contributed by atoms with Crippen LogP contribution in [0.3, 0.4) is 0 Å². The highest BCUT2D eigenvalue weighted by Crippen LogP contribution is 2.16. The fraction of sp³-hybridized carbons (Fsp3) is 0.250. The van der Waals surface area contributed by atoms with Gasteiger partial charge in [0.05, 0.1) is 0 Å². The zero-order valence-corrected chi connectivity index (χ0v) is 13.7. The summed E-state index contributed by atoms with van der Waals surface area (Å²) in [6, 6.07) is 10.1. The summed E-state index contributed by atoms with van der Waals surface area (Å²) in [5, 5.41) is 0. The average Bonchev–Trinajstić information content (AvgIpc) is 2.47. The van der Waals surface area contributed by atoms with E-state index >= 15 is 0 Å². The van der Waals surface area contributed by atoms with E-state index in [1.807, 2.05) is 43.3 Å². The first-order chi connectivity index (χ1) is 10.8. The molecule has 0 spiro atoms. The van der Waals surface area contributed by atoms with Gasteiger partial charge in [-0.05, 0) is 36.2 Å². The van der Waals surface area contributed by atoms with Crippen molar-refractivity contribution >= 4 is 15.7 Å². The van der Waals surface area contributed by atoms with Gasteiger partial charge in [-0.1, -0.05) is 12.1 Å². The molecule has 0 unspecified atom stereocenters. The first kappa shape index (κ1) is 17.4. The van der Waals surface area contributed by atoms with Crippen LogP contribution >= 0.6 is 0 Å². The van der Waals surface area contributed by atoms with Gasteiger partial charge in [0.25, 0.3) is 0 Å². The van der Waals surface area contributed by atoms with Crippen molar-refractivity contribution in [3.05, 3.63) is 59.7 Å². The highest BCUT2D eigenvalue weighted by Gasteiger charge is 2.18. The van der Waals surface area contributed by atoms with Crippen LogP contribution in [0.5, 0.6) is 0 Å². The maximum atomic E-state index is 13.6. The van der Waals surface area contributed by atoms with E-state index in [-0.39, 0.29) is 6.54 Å². The van der Waals surface area contributed by atoms with Crippen molar-refractivity contribution < 1.29 is 17.2 Å². The Balaban J connectivity index is 1.99. The lowest BCUT2D eigenvalue weighted by Gasteiger charge is -2.13. The zero-order valence-electron chi connectivity index (χ0n) is 12.9. The quantitative estimate of drug-likeness (QED) is 0.879. The van der Waals surface area contributed by atoms with Crippen molar-refractivity contribution in [2.75, 3.05) is 25.5 Å². The molecule has 7 heteroatoms. The Hall–Kier alpha value is -1.99. The molecule has 0 saturated carbocycles. The summed E-state index contributed by atoms with van der Waals surface area (Å²) in [6.07, 6.45) is 0.468. The number of benzene rings is 2. The van der Waals surface area contributed by atoms with E-state index in [2.05, 4.69) is 4.72 Å². The van der Waals surface area contributed by atoms with Gasteiger partial charge in [-0.15, -0.1) is 0 Å². The molecule has 0 atom stereocenters. The molecule has 0 saturated heterocycles. The van der Waals surface area contributed by atoms with Crippen molar-refractivity contribution in [1.82, 2.24) is 4.72 Å². The number of nitrogens with zero attached hydrogens (tertiary/aromatic N) is 1. The summed E-state index contributed by atoms with van der Waals surface area (Å²) in [4.78, 5) is 1.41. The van der Waals surface area contributed by atoms with Crippen LogP contribution in [0.4, 0.5) is 14.5 Å². The molecular formula is C16H18F2N2O2S. The fourth-order valence-corrected chi connectivity index (χ4v) is 3.15. The third kappa shape index (κ3) is 4.49. The number of sulfonamides is 1. The normalized spacial score (nSPS) is 11.5. The zero-order chi connectivity index (χ0) is 17.0. The second-order valence-corrected chi connectivity index (χ2v) is 7.02. The standard InChI is InChI=1S/C16H18F2N2O2S/c1-20(2)14-6-3-12(4-7-14)9-10-19-23(21,22)16-8-5-13(17)11-15(16)18/h3-8,11,19H,9-10H2,1-2H3. The highest BCUT2D eigenvalue weighted by molar-refractivity contribution is 7.89. The molecule has 1 N–H and O–H groups in total. The summed E-state index contributed by atoms with van der Waals surface area (Å²) < 4.78 is 52.7. The molecule has 0 aliphatic rings. The van der Waals surface area contributed by atoms with Crippen LogP contribution in [0.25, 0.3) is 0 Å². The molecule has 2 aromatic carbocycles. The Morgan fingerprint density at radius 1 is 1.04 bits per heavy atom. The minimum atomic E-state index is -4.00. The van der Waals surface area contributed by atoms with Crippen LogP contribution in [-0.4, -0.2) is 29.1 Å². The lowest BCUT2D eigenvalue weighted by atomic mass is 10.1. The first-order valence-corrected chi connectivity index (χ1v) is 8.49. The van der Waals surface area contributed by atoms with Crippen LogP contribution in [0.15, 0.2) is 47.4 Å². The van der Waals surface area contributed by atoms with E-state index in [4.69, 9.17) is 0 Å². The predicted octanol–water partition coefficient (Wildman–Crippen LogP) is 2.55. The van der Waals surface area contributed by atoms with Gasteiger partial charge in [-0.3, -0.25) is 0 Å². The van der Waals surface area contributed by atoms with Crippen LogP contribution in [0.1, 0.15) is 5.56 Å². The molecular weight excluding hydrogens is 322 g/mol. The average molecular weight is 340 g/mol. The molecule has 0 fully saturated rings. The largest absolute Gasteiger partial charge is 0.378 e. The monoisotopic (exact) mass is 340 g/mol. The van der Waals surface area contributed by atoms with Gasteiger partial charge in [-0.2, -0.15) is 0 Å². The van der Waals surface area contributed by atoms with Crippen LogP contribution < -0.4 is 9.62 Å². The van der Waals surface area contributed by atoms with E-state index in [0.717, 1.165) is 23.4 Å². The van der Waals surface area contributed by atoms with Gasteiger partial charge >= 0.3 is 0 Å². The van der Waals surface area contributed by atoms with E-state index in [0.29, 0.717) is 12.5 Å². The second-order valence-electron chi connectivity index (χ2n) is 5.28. The minimum absolute atomic E-state index is 0.125. The van der Waals surface area contributed by atoms with Gasteiger partial charge < -0.3 is 4.90 Å². The Labute approximate surface area is 134 Å². The highest BCUT2D eigenvalue weighted by atomic mass is 32.2. The number of nitrogens with one attached hydrogen (secondary N) is 1. The van der Waals surface area contributed by atoms with E-state index in [1.165, 1.54) is 0 Å². The summed E-state index contributed by atoms with van der Waals surface area (Å²) in [5.74, 6) is -1.92. The second kappa shape index (κ2) is 7.06.